The van der Waals surface area contributed by atoms with Gasteiger partial charge in [0.2, 0.25) is 0 Å². The van der Waals surface area contributed by atoms with Crippen LogP contribution < -0.4 is 0 Å². The molecule has 0 atom stereocenters. The van der Waals surface area contributed by atoms with E-state index in [4.69, 9.17) is 0 Å². The maximum absolute atomic E-state index is 2.16. The van der Waals surface area contributed by atoms with E-state index in [-0.39, 0.29) is 0 Å². The average Bonchev–Trinajstić information content (AvgIpc) is 2.67. The first-order chi connectivity index (χ1) is 5.00. The lowest BCUT2D eigenvalue weighted by Gasteiger charge is -1.69. The van der Waals surface area contributed by atoms with E-state index in [1.807, 2.05) is 43.2 Å². The summed E-state index contributed by atoms with van der Waals surface area (Å²) in [7, 11) is 7.38. The molecule has 0 saturated carbocycles. The number of hydrogen-bond donors (Lipinski definition) is 0. The Bertz CT molecular complexity index is 102. The predicted octanol–water partition coefficient (Wildman–Crippen LogP) is 3.79. The van der Waals surface area contributed by atoms with Crippen LogP contribution in [0.15, 0.2) is 23.0 Å². The van der Waals surface area contributed by atoms with Gasteiger partial charge in [0.1, 0.15) is 0 Å². The molecule has 0 saturated heterocycles. The highest BCUT2D eigenvalue weighted by atomic mass is 33.1. The molecule has 2 heterocycles. The minimum absolute atomic E-state index is 1.20. The summed E-state index contributed by atoms with van der Waals surface area (Å²) >= 11 is 0. The highest BCUT2D eigenvalue weighted by Crippen LogP contribution is 2.28. The summed E-state index contributed by atoms with van der Waals surface area (Å²) < 4.78 is 0. The van der Waals surface area contributed by atoms with E-state index in [0.717, 1.165) is 0 Å². The second-order valence-corrected chi connectivity index (χ2v) is 6.14. The van der Waals surface area contributed by atoms with Crippen LogP contribution in [0.5, 0.6) is 0 Å². The molecule has 0 aliphatic carbocycles. The number of hydrogen-bond acceptors (Lipinski definition) is 4. The van der Waals surface area contributed by atoms with Gasteiger partial charge in [0.15, 0.2) is 0 Å². The fourth-order valence-electron chi connectivity index (χ4n) is 0.393. The Kier molecular flexibility index (Phi) is 5.90. The van der Waals surface area contributed by atoms with E-state index in [2.05, 4.69) is 23.0 Å². The molecule has 2 aliphatic rings. The largest absolute Gasteiger partial charge is 0.0854 e. The van der Waals surface area contributed by atoms with E-state index in [0.29, 0.717) is 0 Å². The Labute approximate surface area is 77.5 Å². The van der Waals surface area contributed by atoms with E-state index in [9.17, 15) is 0 Å². The lowest BCUT2D eigenvalue weighted by molar-refractivity contribution is 1.84. The third-order valence-electron chi connectivity index (χ3n) is 0.768. The zero-order chi connectivity index (χ0) is 7.07. The predicted molar refractivity (Wildman–Crippen MR) is 58.4 cm³/mol. The van der Waals surface area contributed by atoms with Gasteiger partial charge in [0.25, 0.3) is 0 Å². The molecule has 0 radical (unpaired) electrons. The van der Waals surface area contributed by atoms with Crippen LogP contribution in [0.1, 0.15) is 0 Å². The maximum atomic E-state index is 2.16. The van der Waals surface area contributed by atoms with Crippen molar-refractivity contribution in [3.05, 3.63) is 23.0 Å². The molecule has 0 bridgehead atoms. The third kappa shape index (κ3) is 4.66. The van der Waals surface area contributed by atoms with Crippen LogP contribution in [0, 0.1) is 0 Å². The van der Waals surface area contributed by atoms with Crippen molar-refractivity contribution >= 4 is 43.2 Å². The van der Waals surface area contributed by atoms with Crippen LogP contribution in [-0.4, -0.2) is 11.5 Å². The quantitative estimate of drug-likeness (QED) is 0.555. The van der Waals surface area contributed by atoms with E-state index in [1.54, 1.807) is 0 Å². The molecule has 0 aromatic rings. The Morgan fingerprint density at radius 3 is 1.40 bits per heavy atom. The van der Waals surface area contributed by atoms with Crippen molar-refractivity contribution in [2.45, 2.75) is 0 Å². The molecule has 0 unspecified atom stereocenters. The SMILES string of the molecule is C1=CSSC1.C1=CSSC1. The summed E-state index contributed by atoms with van der Waals surface area (Å²) in [5, 5.41) is 4.23. The Hall–Kier alpha value is 0.880. The lowest BCUT2D eigenvalue weighted by atomic mass is 10.8. The summed E-state index contributed by atoms with van der Waals surface area (Å²) in [5.74, 6) is 2.40. The van der Waals surface area contributed by atoms with Gasteiger partial charge < -0.3 is 0 Å². The smallest absolute Gasteiger partial charge is 0.0229 e. The minimum Gasteiger partial charge on any atom is -0.0854 e. The molecular weight excluding hydrogens is 200 g/mol. The van der Waals surface area contributed by atoms with Gasteiger partial charge in [-0.05, 0) is 10.8 Å². The van der Waals surface area contributed by atoms with Crippen LogP contribution in [0.3, 0.4) is 0 Å². The molecule has 56 valence electrons. The van der Waals surface area contributed by atoms with Gasteiger partial charge in [-0.25, -0.2) is 0 Å². The normalized spacial score (nSPS) is 20.8. The van der Waals surface area contributed by atoms with Gasteiger partial charge in [0, 0.05) is 11.5 Å². The second-order valence-electron chi connectivity index (χ2n) is 1.51. The minimum atomic E-state index is 1.20. The molecule has 0 amide bonds. The third-order valence-corrected chi connectivity index (χ3v) is 4.60. The monoisotopic (exact) mass is 208 g/mol. The Balaban J connectivity index is 0.0000001000. The van der Waals surface area contributed by atoms with Crippen molar-refractivity contribution in [2.24, 2.45) is 0 Å². The van der Waals surface area contributed by atoms with Gasteiger partial charge in [-0.15, -0.1) is 0 Å². The number of rotatable bonds is 0. The van der Waals surface area contributed by atoms with E-state index in [1.165, 1.54) is 11.5 Å². The molecular formula is C6H8S4. The average molecular weight is 208 g/mol. The highest BCUT2D eigenvalue weighted by Gasteiger charge is 1.86. The van der Waals surface area contributed by atoms with Gasteiger partial charge in [0.05, 0.1) is 0 Å². The first-order valence-corrected chi connectivity index (χ1v) is 7.63. The van der Waals surface area contributed by atoms with Gasteiger partial charge in [-0.3, -0.25) is 0 Å². The van der Waals surface area contributed by atoms with E-state index < -0.39 is 0 Å². The molecule has 0 aromatic heterocycles. The van der Waals surface area contributed by atoms with Crippen molar-refractivity contribution in [2.75, 3.05) is 11.5 Å². The highest BCUT2D eigenvalue weighted by molar-refractivity contribution is 8.78. The van der Waals surface area contributed by atoms with E-state index >= 15 is 0 Å². The molecule has 10 heavy (non-hydrogen) atoms. The second kappa shape index (κ2) is 6.58. The molecule has 2 rings (SSSR count). The molecule has 0 spiro atoms. The summed E-state index contributed by atoms with van der Waals surface area (Å²) in [5.41, 5.74) is 0. The van der Waals surface area contributed by atoms with Gasteiger partial charge in [-0.2, -0.15) is 0 Å². The standard InChI is InChI=1S/2C3H4S2/c2*1-2-4-5-3-1/h2*1-2H,3H2. The van der Waals surface area contributed by atoms with Crippen LogP contribution >= 0.6 is 43.2 Å². The van der Waals surface area contributed by atoms with Crippen LogP contribution in [0.4, 0.5) is 0 Å². The van der Waals surface area contributed by atoms with Crippen molar-refractivity contribution in [3.63, 3.8) is 0 Å². The zero-order valence-corrected chi connectivity index (χ0v) is 8.62. The Morgan fingerprint density at radius 2 is 1.30 bits per heavy atom. The summed E-state index contributed by atoms with van der Waals surface area (Å²) in [6.45, 7) is 0. The first kappa shape index (κ1) is 8.97. The van der Waals surface area contributed by atoms with Crippen molar-refractivity contribution in [1.82, 2.24) is 0 Å². The van der Waals surface area contributed by atoms with Crippen molar-refractivity contribution in [3.8, 4) is 0 Å². The molecule has 0 fully saturated rings. The maximum Gasteiger partial charge on any atom is 0.0229 e. The summed E-state index contributed by atoms with van der Waals surface area (Å²) in [6.07, 6.45) is 4.32. The lowest BCUT2D eigenvalue weighted by Crippen LogP contribution is -1.46. The molecule has 0 nitrogen and oxygen atoms in total. The molecule has 0 N–H and O–H groups in total. The fourth-order valence-corrected chi connectivity index (χ4v) is 3.54. The van der Waals surface area contributed by atoms with Crippen LogP contribution in [0.25, 0.3) is 0 Å². The molecule has 0 aromatic carbocycles. The fraction of sp³-hybridized carbons (Fsp3) is 0.333. The van der Waals surface area contributed by atoms with Crippen molar-refractivity contribution < 1.29 is 0 Å². The van der Waals surface area contributed by atoms with Gasteiger partial charge >= 0.3 is 0 Å². The topological polar surface area (TPSA) is 0 Å². The van der Waals surface area contributed by atoms with Crippen LogP contribution in [0.2, 0.25) is 0 Å². The van der Waals surface area contributed by atoms with Gasteiger partial charge in [-0.1, -0.05) is 55.3 Å². The van der Waals surface area contributed by atoms with Crippen LogP contribution in [-0.2, 0) is 0 Å². The summed E-state index contributed by atoms with van der Waals surface area (Å²) in [4.78, 5) is 0. The first-order valence-electron chi connectivity index (χ1n) is 2.87. The summed E-state index contributed by atoms with van der Waals surface area (Å²) in [6, 6.07) is 0. The Morgan fingerprint density at radius 1 is 0.800 bits per heavy atom. The van der Waals surface area contributed by atoms with Crippen molar-refractivity contribution in [1.29, 1.82) is 0 Å². The molecule has 2 aliphatic heterocycles. The zero-order valence-electron chi connectivity index (χ0n) is 5.36. The molecule has 4 heteroatoms.